The molecule has 1 atom stereocenters. The molecule has 0 radical (unpaired) electrons. The lowest BCUT2D eigenvalue weighted by molar-refractivity contribution is -0.138. The van der Waals surface area contributed by atoms with E-state index in [0.717, 1.165) is 44.6 Å². The van der Waals surface area contributed by atoms with Gasteiger partial charge in [0.05, 0.1) is 6.54 Å². The molecular formula is C15H26ClN3O3. The SMILES string of the molecule is CC(C)Cc1noc(CN2CCCC(CC(=O)O)CC2)n1.Cl. The zero-order valence-electron chi connectivity index (χ0n) is 13.3. The van der Waals surface area contributed by atoms with E-state index in [0.29, 0.717) is 24.3 Å². The van der Waals surface area contributed by atoms with Gasteiger partial charge in [-0.1, -0.05) is 19.0 Å². The van der Waals surface area contributed by atoms with Gasteiger partial charge in [0.2, 0.25) is 5.89 Å². The number of nitrogens with zero attached hydrogens (tertiary/aromatic N) is 3. The van der Waals surface area contributed by atoms with Crippen molar-refractivity contribution in [3.63, 3.8) is 0 Å². The number of halogens is 1. The molecule has 7 heteroatoms. The van der Waals surface area contributed by atoms with E-state index < -0.39 is 5.97 Å². The molecule has 1 aliphatic heterocycles. The predicted molar refractivity (Wildman–Crippen MR) is 85.0 cm³/mol. The van der Waals surface area contributed by atoms with E-state index in [-0.39, 0.29) is 18.8 Å². The first-order valence-electron chi connectivity index (χ1n) is 7.78. The molecule has 6 nitrogen and oxygen atoms in total. The number of carbonyl (C=O) groups is 1. The monoisotopic (exact) mass is 331 g/mol. The van der Waals surface area contributed by atoms with Crippen molar-refractivity contribution >= 4 is 18.4 Å². The summed E-state index contributed by atoms with van der Waals surface area (Å²) in [5, 5.41) is 12.9. The molecule has 0 saturated carbocycles. The lowest BCUT2D eigenvalue weighted by Crippen LogP contribution is -2.24. The first-order valence-corrected chi connectivity index (χ1v) is 7.78. The normalized spacial score (nSPS) is 19.7. The number of aromatic nitrogens is 2. The second kappa shape index (κ2) is 9.10. The summed E-state index contributed by atoms with van der Waals surface area (Å²) in [6, 6.07) is 0. The molecular weight excluding hydrogens is 306 g/mol. The maximum Gasteiger partial charge on any atom is 0.303 e. The number of likely N-dealkylation sites (tertiary alicyclic amines) is 1. The van der Waals surface area contributed by atoms with Crippen molar-refractivity contribution in [2.75, 3.05) is 13.1 Å². The van der Waals surface area contributed by atoms with E-state index >= 15 is 0 Å². The van der Waals surface area contributed by atoms with E-state index in [1.54, 1.807) is 0 Å². The predicted octanol–water partition coefficient (Wildman–Crippen LogP) is 2.77. The van der Waals surface area contributed by atoms with Gasteiger partial charge in [0.15, 0.2) is 5.82 Å². The molecule has 1 unspecified atom stereocenters. The van der Waals surface area contributed by atoms with Crippen molar-refractivity contribution in [2.45, 2.75) is 52.5 Å². The minimum Gasteiger partial charge on any atom is -0.481 e. The molecule has 1 aromatic rings. The summed E-state index contributed by atoms with van der Waals surface area (Å²) in [4.78, 5) is 17.5. The van der Waals surface area contributed by atoms with Gasteiger partial charge >= 0.3 is 5.97 Å². The minimum atomic E-state index is -0.691. The van der Waals surface area contributed by atoms with Crippen LogP contribution in [0, 0.1) is 11.8 Å². The average molecular weight is 332 g/mol. The smallest absolute Gasteiger partial charge is 0.303 e. The van der Waals surface area contributed by atoms with Crippen molar-refractivity contribution in [1.82, 2.24) is 15.0 Å². The molecule has 1 aromatic heterocycles. The van der Waals surface area contributed by atoms with Gasteiger partial charge in [0.25, 0.3) is 0 Å². The summed E-state index contributed by atoms with van der Waals surface area (Å²) >= 11 is 0. The zero-order valence-corrected chi connectivity index (χ0v) is 14.1. The van der Waals surface area contributed by atoms with Gasteiger partial charge in [-0.2, -0.15) is 4.98 Å². The Bertz CT molecular complexity index is 465. The third-order valence-electron chi connectivity index (χ3n) is 3.86. The maximum absolute atomic E-state index is 10.8. The van der Waals surface area contributed by atoms with Gasteiger partial charge in [-0.3, -0.25) is 9.69 Å². The van der Waals surface area contributed by atoms with E-state index in [4.69, 9.17) is 9.63 Å². The second-order valence-corrected chi connectivity index (χ2v) is 6.37. The van der Waals surface area contributed by atoms with Crippen LogP contribution >= 0.6 is 12.4 Å². The Morgan fingerprint density at radius 3 is 2.86 bits per heavy atom. The fraction of sp³-hybridized carbons (Fsp3) is 0.800. The standard InChI is InChI=1S/C15H25N3O3.ClH/c1-11(2)8-13-16-14(21-17-13)10-18-6-3-4-12(5-7-18)9-15(19)20;/h11-12H,3-10H2,1-2H3,(H,19,20);1H. The van der Waals surface area contributed by atoms with Crippen LogP contribution in [0.2, 0.25) is 0 Å². The van der Waals surface area contributed by atoms with Crippen molar-refractivity contribution < 1.29 is 14.4 Å². The third-order valence-corrected chi connectivity index (χ3v) is 3.86. The molecule has 1 saturated heterocycles. The Balaban J connectivity index is 0.00000242. The van der Waals surface area contributed by atoms with Crippen LogP contribution in [0.15, 0.2) is 4.52 Å². The lowest BCUT2D eigenvalue weighted by Gasteiger charge is -2.17. The highest BCUT2D eigenvalue weighted by molar-refractivity contribution is 5.85. The fourth-order valence-electron chi connectivity index (χ4n) is 2.83. The van der Waals surface area contributed by atoms with Gasteiger partial charge in [-0.25, -0.2) is 0 Å². The Morgan fingerprint density at radius 1 is 1.41 bits per heavy atom. The summed E-state index contributed by atoms with van der Waals surface area (Å²) in [5.74, 6) is 1.57. The largest absolute Gasteiger partial charge is 0.481 e. The van der Waals surface area contributed by atoms with Gasteiger partial charge in [-0.15, -0.1) is 12.4 Å². The lowest BCUT2D eigenvalue weighted by atomic mass is 9.97. The zero-order chi connectivity index (χ0) is 15.2. The summed E-state index contributed by atoms with van der Waals surface area (Å²) in [6.07, 6.45) is 4.08. The summed E-state index contributed by atoms with van der Waals surface area (Å²) in [5.41, 5.74) is 0. The molecule has 2 heterocycles. The number of carboxylic acids is 1. The number of rotatable bonds is 6. The van der Waals surface area contributed by atoms with Crippen molar-refractivity contribution in [2.24, 2.45) is 11.8 Å². The molecule has 1 fully saturated rings. The average Bonchev–Trinajstić information content (AvgIpc) is 2.69. The van der Waals surface area contributed by atoms with Crippen LogP contribution in [0.5, 0.6) is 0 Å². The maximum atomic E-state index is 10.8. The van der Waals surface area contributed by atoms with Crippen LogP contribution in [0.3, 0.4) is 0 Å². The molecule has 2 rings (SSSR count). The molecule has 0 bridgehead atoms. The van der Waals surface area contributed by atoms with Crippen LogP contribution in [-0.4, -0.2) is 39.2 Å². The molecule has 0 spiro atoms. The van der Waals surface area contributed by atoms with Gasteiger partial charge < -0.3 is 9.63 Å². The number of hydrogen-bond donors (Lipinski definition) is 1. The van der Waals surface area contributed by atoms with Crippen molar-refractivity contribution in [3.05, 3.63) is 11.7 Å². The van der Waals surface area contributed by atoms with Crippen LogP contribution in [0.1, 0.15) is 51.2 Å². The van der Waals surface area contributed by atoms with E-state index in [1.807, 2.05) is 0 Å². The Hall–Kier alpha value is -1.14. The van der Waals surface area contributed by atoms with E-state index in [2.05, 4.69) is 28.9 Å². The van der Waals surface area contributed by atoms with Gasteiger partial charge in [0.1, 0.15) is 0 Å². The van der Waals surface area contributed by atoms with Crippen LogP contribution in [-0.2, 0) is 17.8 Å². The summed E-state index contributed by atoms with van der Waals surface area (Å²) in [7, 11) is 0. The van der Waals surface area contributed by atoms with Crippen molar-refractivity contribution in [1.29, 1.82) is 0 Å². The van der Waals surface area contributed by atoms with Crippen molar-refractivity contribution in [3.8, 4) is 0 Å². The highest BCUT2D eigenvalue weighted by Gasteiger charge is 2.20. The highest BCUT2D eigenvalue weighted by Crippen LogP contribution is 2.21. The van der Waals surface area contributed by atoms with E-state index in [9.17, 15) is 4.79 Å². The third kappa shape index (κ3) is 6.32. The molecule has 1 aliphatic rings. The molecule has 22 heavy (non-hydrogen) atoms. The van der Waals surface area contributed by atoms with Crippen LogP contribution in [0.4, 0.5) is 0 Å². The minimum absolute atomic E-state index is 0. The Labute approximate surface area is 137 Å². The number of hydrogen-bond acceptors (Lipinski definition) is 5. The Kier molecular flexibility index (Phi) is 7.82. The quantitative estimate of drug-likeness (QED) is 0.863. The van der Waals surface area contributed by atoms with Gasteiger partial charge in [-0.05, 0) is 44.2 Å². The van der Waals surface area contributed by atoms with E-state index in [1.165, 1.54) is 0 Å². The first-order chi connectivity index (χ1) is 10.0. The number of carboxylic acid groups (broad SMARTS) is 1. The first kappa shape index (κ1) is 18.9. The topological polar surface area (TPSA) is 79.5 Å². The van der Waals surface area contributed by atoms with Crippen LogP contribution in [0.25, 0.3) is 0 Å². The summed E-state index contributed by atoms with van der Waals surface area (Å²) < 4.78 is 5.30. The molecule has 126 valence electrons. The highest BCUT2D eigenvalue weighted by atomic mass is 35.5. The molecule has 0 amide bonds. The second-order valence-electron chi connectivity index (χ2n) is 6.37. The molecule has 1 N–H and O–H groups in total. The molecule has 0 aromatic carbocycles. The molecule has 0 aliphatic carbocycles. The van der Waals surface area contributed by atoms with Crippen LogP contribution < -0.4 is 0 Å². The Morgan fingerprint density at radius 2 is 2.18 bits per heavy atom. The van der Waals surface area contributed by atoms with Gasteiger partial charge in [0, 0.05) is 12.8 Å². The fourth-order valence-corrected chi connectivity index (χ4v) is 2.83. The summed E-state index contributed by atoms with van der Waals surface area (Å²) in [6.45, 7) is 6.81. The number of aliphatic carboxylic acids is 1.